The van der Waals surface area contributed by atoms with Crippen LogP contribution in [0.3, 0.4) is 0 Å². The molecule has 0 saturated carbocycles. The van der Waals surface area contributed by atoms with E-state index in [0.717, 1.165) is 28.5 Å². The molecule has 1 aliphatic heterocycles. The molecule has 8 nitrogen and oxygen atoms in total. The molecule has 4 rings (SSSR count). The Balaban J connectivity index is 1.93. The maximum Gasteiger partial charge on any atom is 0.286 e. The van der Waals surface area contributed by atoms with E-state index >= 15 is 0 Å². The summed E-state index contributed by atoms with van der Waals surface area (Å²) >= 11 is 0. The first-order valence-corrected chi connectivity index (χ1v) is 12.4. The highest BCUT2D eigenvalue weighted by atomic mass is 32.2. The second kappa shape index (κ2) is 8.50. The zero-order chi connectivity index (χ0) is 24.8. The fourth-order valence-corrected chi connectivity index (χ4v) is 4.98. The molecule has 0 atom stereocenters. The van der Waals surface area contributed by atoms with Crippen LogP contribution in [0, 0.1) is 12.7 Å². The van der Waals surface area contributed by atoms with E-state index in [2.05, 4.69) is 10.1 Å². The third kappa shape index (κ3) is 4.54. The zero-order valence-electron chi connectivity index (χ0n) is 19.7. The normalized spacial score (nSPS) is 17.2. The van der Waals surface area contributed by atoms with Crippen molar-refractivity contribution in [3.8, 4) is 17.0 Å². The van der Waals surface area contributed by atoms with Crippen LogP contribution < -0.4 is 9.46 Å². The van der Waals surface area contributed by atoms with Crippen LogP contribution in [0.1, 0.15) is 50.3 Å². The van der Waals surface area contributed by atoms with Gasteiger partial charge in [-0.25, -0.2) is 14.1 Å². The van der Waals surface area contributed by atoms with Gasteiger partial charge in [0.25, 0.3) is 10.0 Å². The minimum atomic E-state index is -4.53. The van der Waals surface area contributed by atoms with Gasteiger partial charge in [-0.1, -0.05) is 31.5 Å². The lowest BCUT2D eigenvalue weighted by Gasteiger charge is -2.25. The summed E-state index contributed by atoms with van der Waals surface area (Å²) in [6.07, 6.45) is 2.38. The van der Waals surface area contributed by atoms with Crippen molar-refractivity contribution in [2.45, 2.75) is 57.5 Å². The Morgan fingerprint density at radius 2 is 1.97 bits per heavy atom. The molecular weight excluding hydrogens is 459 g/mol. The number of amides is 1. The van der Waals surface area contributed by atoms with Crippen molar-refractivity contribution < 1.29 is 22.3 Å². The maximum absolute atomic E-state index is 14.6. The molecule has 0 aliphatic carbocycles. The van der Waals surface area contributed by atoms with Crippen LogP contribution >= 0.6 is 0 Å². The molecule has 0 fully saturated rings. The van der Waals surface area contributed by atoms with Crippen molar-refractivity contribution in [1.29, 1.82) is 0 Å². The molecule has 2 aromatic heterocycles. The molecule has 1 aromatic carbocycles. The monoisotopic (exact) mass is 486 g/mol. The van der Waals surface area contributed by atoms with E-state index in [9.17, 15) is 17.6 Å². The number of aryl methyl sites for hydroxylation is 1. The van der Waals surface area contributed by atoms with Crippen LogP contribution in [-0.4, -0.2) is 35.7 Å². The molecule has 1 aliphatic rings. The third-order valence-electron chi connectivity index (χ3n) is 5.77. The molecule has 0 spiro atoms. The van der Waals surface area contributed by atoms with Gasteiger partial charge in [-0.05, 0) is 55.0 Å². The zero-order valence-corrected chi connectivity index (χ0v) is 20.5. The number of carbonyl (C=O) groups excluding carboxylic acids is 1. The molecule has 0 radical (unpaired) electrons. The fraction of sp³-hybridized carbons (Fsp3) is 0.375. The number of ether oxygens (including phenoxy) is 1. The number of aromatic nitrogens is 3. The Morgan fingerprint density at radius 1 is 1.24 bits per heavy atom. The van der Waals surface area contributed by atoms with Crippen LogP contribution in [0.25, 0.3) is 11.1 Å². The van der Waals surface area contributed by atoms with Crippen molar-refractivity contribution in [1.82, 2.24) is 19.5 Å². The molecule has 180 valence electrons. The highest BCUT2D eigenvalue weighted by molar-refractivity contribution is 7.90. The van der Waals surface area contributed by atoms with Crippen molar-refractivity contribution in [3.05, 3.63) is 59.2 Å². The van der Waals surface area contributed by atoms with Gasteiger partial charge in [-0.3, -0.25) is 9.48 Å². The van der Waals surface area contributed by atoms with E-state index in [1.807, 2.05) is 43.7 Å². The van der Waals surface area contributed by atoms with Crippen molar-refractivity contribution >= 4 is 15.9 Å². The maximum atomic E-state index is 14.6. The number of hydrogen-bond donors (Lipinski definition) is 1. The van der Waals surface area contributed by atoms with Gasteiger partial charge in [0.2, 0.25) is 16.8 Å². The van der Waals surface area contributed by atoms with Crippen molar-refractivity contribution in [2.75, 3.05) is 6.61 Å². The van der Waals surface area contributed by atoms with E-state index < -0.39 is 32.3 Å². The third-order valence-corrected chi connectivity index (χ3v) is 7.05. The van der Waals surface area contributed by atoms with Gasteiger partial charge in [0, 0.05) is 12.3 Å². The summed E-state index contributed by atoms with van der Waals surface area (Å²) in [5, 5.41) is 3.09. The first-order valence-electron chi connectivity index (χ1n) is 10.9. The number of pyridine rings is 1. The van der Waals surface area contributed by atoms with E-state index in [1.54, 1.807) is 26.1 Å². The Hall–Kier alpha value is -3.27. The fourth-order valence-electron chi connectivity index (χ4n) is 4.01. The summed E-state index contributed by atoms with van der Waals surface area (Å²) in [6.45, 7) is 9.47. The van der Waals surface area contributed by atoms with Gasteiger partial charge in [0.15, 0.2) is 5.82 Å². The van der Waals surface area contributed by atoms with Gasteiger partial charge in [-0.2, -0.15) is 13.5 Å². The number of hydrogen-bond acceptors (Lipinski definition) is 6. The minimum Gasteiger partial charge on any atom is -0.475 e. The van der Waals surface area contributed by atoms with Crippen LogP contribution in [0.15, 0.2) is 41.7 Å². The van der Waals surface area contributed by atoms with Crippen LogP contribution in [-0.2, 0) is 26.8 Å². The van der Waals surface area contributed by atoms with Crippen LogP contribution in [0.4, 0.5) is 4.39 Å². The van der Waals surface area contributed by atoms with E-state index in [4.69, 9.17) is 4.74 Å². The highest BCUT2D eigenvalue weighted by Gasteiger charge is 2.31. The van der Waals surface area contributed by atoms with E-state index in [1.165, 1.54) is 4.68 Å². The predicted octanol–water partition coefficient (Wildman–Crippen LogP) is 3.69. The number of sulfonamides is 1. The summed E-state index contributed by atoms with van der Waals surface area (Å²) in [5.74, 6) is -1.41. The second-order valence-corrected chi connectivity index (χ2v) is 11.0. The van der Waals surface area contributed by atoms with Gasteiger partial charge in [0.05, 0.1) is 18.2 Å². The lowest BCUT2D eigenvalue weighted by molar-refractivity contribution is -0.118. The Morgan fingerprint density at radius 3 is 2.68 bits per heavy atom. The summed E-state index contributed by atoms with van der Waals surface area (Å²) in [5.41, 5.74) is 3.28. The summed E-state index contributed by atoms with van der Waals surface area (Å²) in [7, 11) is -4.53. The van der Waals surface area contributed by atoms with Crippen molar-refractivity contribution in [2.24, 2.45) is 0 Å². The molecule has 34 heavy (non-hydrogen) atoms. The molecule has 3 aromatic rings. The van der Waals surface area contributed by atoms with Gasteiger partial charge >= 0.3 is 0 Å². The first-order chi connectivity index (χ1) is 15.9. The molecule has 0 saturated heterocycles. The van der Waals surface area contributed by atoms with Gasteiger partial charge in [-0.15, -0.1) is 0 Å². The summed E-state index contributed by atoms with van der Waals surface area (Å²) in [4.78, 5) is 17.2. The summed E-state index contributed by atoms with van der Waals surface area (Å²) in [6, 6.07) is 7.54. The lowest BCUT2D eigenvalue weighted by Crippen LogP contribution is -2.35. The van der Waals surface area contributed by atoms with Crippen LogP contribution in [0.5, 0.6) is 5.88 Å². The molecule has 1 N–H and O–H groups in total. The summed E-state index contributed by atoms with van der Waals surface area (Å²) < 4.78 is 49.4. The molecule has 10 heteroatoms. The number of fused-ring (bicyclic) bond motifs is 6. The van der Waals surface area contributed by atoms with Crippen LogP contribution in [0.2, 0.25) is 0 Å². The molecule has 0 unspecified atom stereocenters. The minimum absolute atomic E-state index is 0.0499. The standard InChI is InChI=1S/C24H27FN4O4S/c1-14(2)17-8-15(3)9-18-16-6-7-26-22(10-16)33-13-24(4,5)29-12-20(25)23(27-29)34(31,32)28-21(30)11-19(17)18/h6-10,12,14H,11,13H2,1-5H3,(H,28,30). The number of halogens is 1. The molecule has 1 amide bonds. The Labute approximate surface area is 198 Å². The smallest absolute Gasteiger partial charge is 0.286 e. The van der Waals surface area contributed by atoms with Crippen molar-refractivity contribution in [3.63, 3.8) is 0 Å². The van der Waals surface area contributed by atoms with Gasteiger partial charge < -0.3 is 4.74 Å². The number of rotatable bonds is 1. The molecule has 3 heterocycles. The van der Waals surface area contributed by atoms with E-state index in [0.29, 0.717) is 11.4 Å². The second-order valence-electron chi connectivity index (χ2n) is 9.45. The number of carbonyl (C=O) groups is 1. The topological polar surface area (TPSA) is 103 Å². The average Bonchev–Trinajstić information content (AvgIpc) is 3.16. The lowest BCUT2D eigenvalue weighted by atomic mass is 9.87. The average molecular weight is 487 g/mol. The predicted molar refractivity (Wildman–Crippen MR) is 125 cm³/mol. The Kier molecular flexibility index (Phi) is 5.97. The first kappa shape index (κ1) is 23.9. The molecular formula is C24H27FN4O4S. The molecule has 4 bridgehead atoms. The Bertz CT molecular complexity index is 1380. The number of nitrogens with one attached hydrogen (secondary N) is 1. The highest BCUT2D eigenvalue weighted by Crippen LogP contribution is 2.34. The number of nitrogens with zero attached hydrogens (tertiary/aromatic N) is 3. The van der Waals surface area contributed by atoms with E-state index in [-0.39, 0.29) is 18.9 Å². The largest absolute Gasteiger partial charge is 0.475 e. The SMILES string of the molecule is Cc1cc2c(c(C(C)C)c1)CC(=O)NS(=O)(=O)c1nn(cc1F)C(C)(C)COc1cc-2ccn1. The quantitative estimate of drug-likeness (QED) is 0.563. The van der Waals surface area contributed by atoms with Gasteiger partial charge in [0.1, 0.15) is 6.61 Å². The number of benzene rings is 1.